The molecule has 1 aliphatic carbocycles. The van der Waals surface area contributed by atoms with E-state index in [-0.39, 0.29) is 23.3 Å². The Kier molecular flexibility index (Phi) is 6.24. The van der Waals surface area contributed by atoms with Gasteiger partial charge in [0.15, 0.2) is 5.16 Å². The lowest BCUT2D eigenvalue weighted by Gasteiger charge is -2.18. The van der Waals surface area contributed by atoms with E-state index in [9.17, 15) is 9.59 Å². The zero-order chi connectivity index (χ0) is 23.7. The van der Waals surface area contributed by atoms with Crippen LogP contribution in [0.25, 0.3) is 16.6 Å². The summed E-state index contributed by atoms with van der Waals surface area (Å²) in [6.07, 6.45) is 4.15. The predicted molar refractivity (Wildman–Crippen MR) is 136 cm³/mol. The second-order valence-electron chi connectivity index (χ2n) is 8.78. The lowest BCUT2D eigenvalue weighted by molar-refractivity contribution is -0.113. The third-order valence-corrected chi connectivity index (χ3v) is 7.13. The van der Waals surface area contributed by atoms with E-state index in [4.69, 9.17) is 4.98 Å². The van der Waals surface area contributed by atoms with E-state index in [1.165, 1.54) is 11.8 Å². The summed E-state index contributed by atoms with van der Waals surface area (Å²) in [5, 5.41) is 8.74. The van der Waals surface area contributed by atoms with Crippen molar-refractivity contribution in [2.45, 2.75) is 50.7 Å². The summed E-state index contributed by atoms with van der Waals surface area (Å²) in [6, 6.07) is 17.4. The average Bonchev–Trinajstić information content (AvgIpc) is 3.48. The number of aryl methyl sites for hydroxylation is 2. The number of fused-ring (bicyclic) bond motifs is 1. The van der Waals surface area contributed by atoms with Gasteiger partial charge in [-0.25, -0.2) is 9.67 Å². The van der Waals surface area contributed by atoms with Crippen molar-refractivity contribution < 1.29 is 4.79 Å². The van der Waals surface area contributed by atoms with Crippen molar-refractivity contribution in [1.82, 2.24) is 19.3 Å². The van der Waals surface area contributed by atoms with Crippen molar-refractivity contribution in [2.24, 2.45) is 0 Å². The Hall–Kier alpha value is -3.39. The first-order valence-corrected chi connectivity index (χ1v) is 12.6. The van der Waals surface area contributed by atoms with Gasteiger partial charge in [-0.3, -0.25) is 14.2 Å². The van der Waals surface area contributed by atoms with Crippen LogP contribution in [-0.4, -0.2) is 31.0 Å². The fraction of sp³-hybridized carbons (Fsp3) is 0.308. The molecule has 8 heteroatoms. The molecule has 2 aromatic heterocycles. The summed E-state index contributed by atoms with van der Waals surface area (Å²) in [7, 11) is 0. The fourth-order valence-electron chi connectivity index (χ4n) is 4.49. The zero-order valence-corrected chi connectivity index (χ0v) is 20.1. The number of aromatic nitrogens is 4. The van der Waals surface area contributed by atoms with Crippen LogP contribution in [0.4, 0.5) is 5.82 Å². The first-order chi connectivity index (χ1) is 16.5. The van der Waals surface area contributed by atoms with E-state index in [0.29, 0.717) is 21.9 Å². The summed E-state index contributed by atoms with van der Waals surface area (Å²) >= 11 is 1.31. The van der Waals surface area contributed by atoms with E-state index in [2.05, 4.69) is 10.4 Å². The van der Waals surface area contributed by atoms with Gasteiger partial charge in [-0.05, 0) is 51.0 Å². The molecule has 174 valence electrons. The number of carbonyl (C=O) groups excluding carboxylic acids is 1. The maximum Gasteiger partial charge on any atom is 0.262 e. The number of thioether (sulfide) groups is 1. The Balaban J connectivity index is 1.38. The minimum atomic E-state index is -0.168. The van der Waals surface area contributed by atoms with Gasteiger partial charge in [0.2, 0.25) is 5.91 Å². The van der Waals surface area contributed by atoms with Crippen molar-refractivity contribution in [1.29, 1.82) is 0 Å². The van der Waals surface area contributed by atoms with Gasteiger partial charge >= 0.3 is 0 Å². The van der Waals surface area contributed by atoms with E-state index in [1.54, 1.807) is 4.68 Å². The molecule has 0 aliphatic heterocycles. The summed E-state index contributed by atoms with van der Waals surface area (Å²) in [5.74, 6) is 0.598. The summed E-state index contributed by atoms with van der Waals surface area (Å²) in [6.45, 7) is 3.93. The van der Waals surface area contributed by atoms with Crippen molar-refractivity contribution in [2.75, 3.05) is 11.1 Å². The van der Waals surface area contributed by atoms with Crippen LogP contribution in [0.2, 0.25) is 0 Å². The van der Waals surface area contributed by atoms with Crippen molar-refractivity contribution >= 4 is 34.4 Å². The molecule has 1 amide bonds. The van der Waals surface area contributed by atoms with Crippen LogP contribution in [0.5, 0.6) is 0 Å². The summed E-state index contributed by atoms with van der Waals surface area (Å²) in [5.41, 5.74) is 3.50. The number of nitrogens with one attached hydrogen (secondary N) is 1. The Morgan fingerprint density at radius 3 is 2.59 bits per heavy atom. The van der Waals surface area contributed by atoms with Crippen LogP contribution in [0.1, 0.15) is 43.0 Å². The largest absolute Gasteiger partial charge is 0.310 e. The second kappa shape index (κ2) is 9.46. The van der Waals surface area contributed by atoms with Crippen molar-refractivity contribution in [3.8, 4) is 5.69 Å². The Labute approximate surface area is 202 Å². The number of carbonyl (C=O) groups is 1. The van der Waals surface area contributed by atoms with Crippen LogP contribution in [0.3, 0.4) is 0 Å². The van der Waals surface area contributed by atoms with Gasteiger partial charge in [0, 0.05) is 12.1 Å². The zero-order valence-electron chi connectivity index (χ0n) is 19.3. The lowest BCUT2D eigenvalue weighted by atomic mass is 10.2. The molecule has 0 saturated heterocycles. The first kappa shape index (κ1) is 22.4. The molecule has 1 N–H and O–H groups in total. The van der Waals surface area contributed by atoms with E-state index >= 15 is 0 Å². The van der Waals surface area contributed by atoms with Gasteiger partial charge in [-0.1, -0.05) is 54.4 Å². The number of benzene rings is 2. The van der Waals surface area contributed by atoms with Crippen LogP contribution < -0.4 is 10.9 Å². The second-order valence-corrected chi connectivity index (χ2v) is 9.72. The summed E-state index contributed by atoms with van der Waals surface area (Å²) in [4.78, 5) is 31.0. The molecule has 1 aliphatic rings. The van der Waals surface area contributed by atoms with Crippen molar-refractivity contribution in [3.05, 3.63) is 76.2 Å². The molecule has 34 heavy (non-hydrogen) atoms. The molecule has 1 saturated carbocycles. The lowest BCUT2D eigenvalue weighted by Crippen LogP contribution is -2.27. The smallest absolute Gasteiger partial charge is 0.262 e. The molecular weight excluding hydrogens is 446 g/mol. The number of para-hydroxylation sites is 1. The predicted octanol–water partition coefficient (Wildman–Crippen LogP) is 5.04. The normalized spacial score (nSPS) is 14.1. The first-order valence-electron chi connectivity index (χ1n) is 11.6. The SMILES string of the molecule is Cc1ccc(-n2nc(C)cc2NC(=O)CSc2nc3ccccc3c(=O)n2C2CCCC2)cc1. The quantitative estimate of drug-likeness (QED) is 0.313. The number of hydrogen-bond donors (Lipinski definition) is 1. The van der Waals surface area contributed by atoms with Gasteiger partial charge in [-0.15, -0.1) is 0 Å². The molecule has 2 heterocycles. The standard InChI is InChI=1S/C26H27N5O2S/c1-17-11-13-20(14-12-17)31-23(15-18(2)29-31)28-24(32)16-34-26-27-22-10-6-5-9-21(22)25(33)30(26)19-7-3-4-8-19/h5-6,9-15,19H,3-4,7-8,16H2,1-2H3,(H,28,32). The topological polar surface area (TPSA) is 81.8 Å². The van der Waals surface area contributed by atoms with E-state index in [0.717, 1.165) is 42.6 Å². The van der Waals surface area contributed by atoms with Crippen LogP contribution in [0, 0.1) is 13.8 Å². The van der Waals surface area contributed by atoms with E-state index < -0.39 is 0 Å². The average molecular weight is 474 g/mol. The number of rotatable bonds is 6. The highest BCUT2D eigenvalue weighted by molar-refractivity contribution is 7.99. The molecule has 0 atom stereocenters. The van der Waals surface area contributed by atoms with Crippen molar-refractivity contribution in [3.63, 3.8) is 0 Å². The molecule has 1 fully saturated rings. The molecule has 0 spiro atoms. The monoisotopic (exact) mass is 473 g/mol. The molecule has 5 rings (SSSR count). The minimum Gasteiger partial charge on any atom is -0.310 e. The highest BCUT2D eigenvalue weighted by atomic mass is 32.2. The van der Waals surface area contributed by atoms with Gasteiger partial charge in [0.05, 0.1) is 28.0 Å². The van der Waals surface area contributed by atoms with Gasteiger partial charge in [0.1, 0.15) is 5.82 Å². The fourth-order valence-corrected chi connectivity index (χ4v) is 5.36. The maximum absolute atomic E-state index is 13.3. The Morgan fingerprint density at radius 2 is 1.82 bits per heavy atom. The molecule has 4 aromatic rings. The van der Waals surface area contributed by atoms with E-state index in [1.807, 2.05) is 73.0 Å². The summed E-state index contributed by atoms with van der Waals surface area (Å²) < 4.78 is 3.55. The van der Waals surface area contributed by atoms with Crippen LogP contribution >= 0.6 is 11.8 Å². The number of anilines is 1. The Bertz CT molecular complexity index is 1400. The molecular formula is C26H27N5O2S. The minimum absolute atomic E-state index is 0.0199. The number of nitrogens with zero attached hydrogens (tertiary/aromatic N) is 4. The van der Waals surface area contributed by atoms with Gasteiger partial charge < -0.3 is 5.32 Å². The molecule has 2 aromatic carbocycles. The molecule has 0 radical (unpaired) electrons. The molecule has 0 unspecified atom stereocenters. The van der Waals surface area contributed by atoms with Crippen LogP contribution in [-0.2, 0) is 4.79 Å². The molecule has 0 bridgehead atoms. The number of hydrogen-bond acceptors (Lipinski definition) is 5. The third-order valence-electron chi connectivity index (χ3n) is 6.18. The maximum atomic E-state index is 13.3. The highest BCUT2D eigenvalue weighted by Crippen LogP contribution is 2.32. The number of amides is 1. The van der Waals surface area contributed by atoms with Crippen LogP contribution in [0.15, 0.2) is 64.5 Å². The highest BCUT2D eigenvalue weighted by Gasteiger charge is 2.23. The molecule has 7 nitrogen and oxygen atoms in total. The third kappa shape index (κ3) is 4.50. The Morgan fingerprint density at radius 1 is 1.09 bits per heavy atom. The van der Waals surface area contributed by atoms with Gasteiger partial charge in [-0.2, -0.15) is 5.10 Å². The van der Waals surface area contributed by atoms with Gasteiger partial charge in [0.25, 0.3) is 5.56 Å².